The van der Waals surface area contributed by atoms with Crippen LogP contribution in [0.2, 0.25) is 0 Å². The summed E-state index contributed by atoms with van der Waals surface area (Å²) in [6.07, 6.45) is 4.30. The molecule has 4 atom stereocenters. The summed E-state index contributed by atoms with van der Waals surface area (Å²) in [5.41, 5.74) is 7.07. The summed E-state index contributed by atoms with van der Waals surface area (Å²) in [7, 11) is 3.88. The molecule has 2 aliphatic heterocycles. The zero-order valence-corrected chi connectivity index (χ0v) is 21.9. The molecule has 0 saturated carbocycles. The molecule has 0 radical (unpaired) electrons. The molecule has 1 saturated heterocycles. The van der Waals surface area contributed by atoms with Gasteiger partial charge in [-0.05, 0) is 54.8 Å². The highest BCUT2D eigenvalue weighted by Crippen LogP contribution is 2.69. The molecule has 0 unspecified atom stereocenters. The fourth-order valence-electron chi connectivity index (χ4n) is 8.23. The molecule has 192 valence electrons. The fraction of sp³-hybridized carbons (Fsp3) is 0.333. The summed E-state index contributed by atoms with van der Waals surface area (Å²) in [6.45, 7) is 1.69. The van der Waals surface area contributed by atoms with Crippen LogP contribution < -0.4 is 9.47 Å². The van der Waals surface area contributed by atoms with Gasteiger partial charge in [-0.2, -0.15) is 0 Å². The second-order valence-corrected chi connectivity index (χ2v) is 11.5. The minimum atomic E-state index is -0.940. The van der Waals surface area contributed by atoms with Gasteiger partial charge in [0.05, 0.1) is 23.8 Å². The van der Waals surface area contributed by atoms with Gasteiger partial charge in [0.2, 0.25) is 0 Å². The lowest BCUT2D eigenvalue weighted by atomic mass is 9.49. The first-order chi connectivity index (χ1) is 18.5. The van der Waals surface area contributed by atoms with E-state index in [0.717, 1.165) is 37.4 Å². The smallest absolute Gasteiger partial charge is 0.166 e. The van der Waals surface area contributed by atoms with Gasteiger partial charge >= 0.3 is 0 Å². The van der Waals surface area contributed by atoms with Crippen LogP contribution in [-0.2, 0) is 24.8 Å². The van der Waals surface area contributed by atoms with Crippen molar-refractivity contribution >= 4 is 0 Å². The summed E-state index contributed by atoms with van der Waals surface area (Å²) in [5, 5.41) is 13.0. The molecule has 4 aromatic rings. The van der Waals surface area contributed by atoms with E-state index in [4.69, 9.17) is 9.47 Å². The van der Waals surface area contributed by atoms with Crippen molar-refractivity contribution in [2.24, 2.45) is 0 Å². The Kier molecular flexibility index (Phi) is 4.58. The number of nitrogens with zero attached hydrogens (tertiary/aromatic N) is 2. The normalized spacial score (nSPS) is 28.4. The molecule has 1 aromatic heterocycles. The third-order valence-electron chi connectivity index (χ3n) is 9.89. The molecule has 3 heterocycles. The molecule has 8 rings (SSSR count). The van der Waals surface area contributed by atoms with Crippen molar-refractivity contribution in [1.29, 1.82) is 0 Å². The zero-order valence-electron chi connectivity index (χ0n) is 21.9. The molecule has 1 spiro atoms. The highest BCUT2D eigenvalue weighted by atomic mass is 16.5. The average Bonchev–Trinajstić information content (AvgIpc) is 3.46. The Morgan fingerprint density at radius 2 is 1.79 bits per heavy atom. The highest BCUT2D eigenvalue weighted by Gasteiger charge is 2.72. The van der Waals surface area contributed by atoms with Crippen LogP contribution in [0.25, 0.3) is 11.1 Å². The van der Waals surface area contributed by atoms with Crippen LogP contribution in [-0.4, -0.2) is 46.9 Å². The predicted molar refractivity (Wildman–Crippen MR) is 147 cm³/mol. The molecule has 0 amide bonds. The number of likely N-dealkylation sites (tertiary alicyclic amines) is 1. The molecule has 4 aliphatic rings. The Bertz CT molecular complexity index is 1560. The molecular formula is C33H32N2O3. The average molecular weight is 505 g/mol. The van der Waals surface area contributed by atoms with E-state index in [0.29, 0.717) is 6.42 Å². The Labute approximate surface area is 223 Å². The monoisotopic (exact) mass is 504 g/mol. The standard InChI is InChI=1S/C33H32N2O3/c1-34-16-15-32-28-23-13-14-26(37-2)30(28)38-31(32)29-24(18-33(32,36)27(34)17-23)25(22-11-7-4-8-12-22)20-35(29)19-21-9-5-3-6-10-21/h3-14,20,27,31,36H,15-19H2,1-2H3/t27-,31-,32-,33+/m0/s1. The lowest BCUT2D eigenvalue weighted by molar-refractivity contribution is -0.168. The maximum Gasteiger partial charge on any atom is 0.166 e. The number of likely N-dealkylation sites (N-methyl/N-ethyl adjacent to an activating group) is 1. The van der Waals surface area contributed by atoms with Crippen molar-refractivity contribution in [3.8, 4) is 22.6 Å². The Hall–Kier alpha value is -3.54. The van der Waals surface area contributed by atoms with Gasteiger partial charge in [0, 0.05) is 36.3 Å². The fourth-order valence-corrected chi connectivity index (χ4v) is 8.23. The minimum Gasteiger partial charge on any atom is -0.493 e. The molecular weight excluding hydrogens is 472 g/mol. The van der Waals surface area contributed by atoms with Crippen molar-refractivity contribution in [3.05, 3.63) is 107 Å². The summed E-state index contributed by atoms with van der Waals surface area (Å²) in [4.78, 5) is 2.38. The summed E-state index contributed by atoms with van der Waals surface area (Å²) in [5.74, 6) is 1.59. The predicted octanol–water partition coefficient (Wildman–Crippen LogP) is 5.13. The third kappa shape index (κ3) is 2.68. The number of hydrogen-bond acceptors (Lipinski definition) is 4. The summed E-state index contributed by atoms with van der Waals surface area (Å²) < 4.78 is 15.3. The van der Waals surface area contributed by atoms with Gasteiger partial charge in [-0.25, -0.2) is 0 Å². The minimum absolute atomic E-state index is 0.0310. The van der Waals surface area contributed by atoms with Crippen LogP contribution >= 0.6 is 0 Å². The van der Waals surface area contributed by atoms with Gasteiger partial charge in [0.1, 0.15) is 0 Å². The molecule has 2 bridgehead atoms. The third-order valence-corrected chi connectivity index (χ3v) is 9.89. The highest BCUT2D eigenvalue weighted by molar-refractivity contribution is 5.73. The molecule has 5 heteroatoms. The van der Waals surface area contributed by atoms with E-state index in [9.17, 15) is 5.11 Å². The summed E-state index contributed by atoms with van der Waals surface area (Å²) >= 11 is 0. The van der Waals surface area contributed by atoms with Crippen LogP contribution in [0.3, 0.4) is 0 Å². The first-order valence-corrected chi connectivity index (χ1v) is 13.7. The molecule has 38 heavy (non-hydrogen) atoms. The topological polar surface area (TPSA) is 46.9 Å². The van der Waals surface area contributed by atoms with E-state index < -0.39 is 11.0 Å². The van der Waals surface area contributed by atoms with Gasteiger partial charge in [0.25, 0.3) is 0 Å². The second-order valence-electron chi connectivity index (χ2n) is 11.5. The largest absolute Gasteiger partial charge is 0.493 e. The lowest BCUT2D eigenvalue weighted by Crippen LogP contribution is -2.74. The van der Waals surface area contributed by atoms with Crippen molar-refractivity contribution in [3.63, 3.8) is 0 Å². The van der Waals surface area contributed by atoms with E-state index in [1.807, 2.05) is 6.07 Å². The number of aliphatic hydroxyl groups is 1. The van der Waals surface area contributed by atoms with Crippen LogP contribution in [0.15, 0.2) is 79.0 Å². The number of aromatic nitrogens is 1. The van der Waals surface area contributed by atoms with E-state index in [1.54, 1.807) is 7.11 Å². The Morgan fingerprint density at radius 3 is 2.55 bits per heavy atom. The maximum absolute atomic E-state index is 13.0. The number of rotatable bonds is 4. The van der Waals surface area contributed by atoms with Crippen molar-refractivity contribution < 1.29 is 14.6 Å². The number of piperidine rings is 1. The zero-order chi connectivity index (χ0) is 25.6. The number of methoxy groups -OCH3 is 1. The molecule has 3 aromatic carbocycles. The van der Waals surface area contributed by atoms with Crippen molar-refractivity contribution in [2.75, 3.05) is 20.7 Å². The maximum atomic E-state index is 13.0. The van der Waals surface area contributed by atoms with Crippen molar-refractivity contribution in [2.45, 2.75) is 49.0 Å². The van der Waals surface area contributed by atoms with Crippen LogP contribution in [0, 0.1) is 0 Å². The van der Waals surface area contributed by atoms with Gasteiger partial charge < -0.3 is 24.0 Å². The van der Waals surface area contributed by atoms with Gasteiger partial charge in [-0.3, -0.25) is 0 Å². The van der Waals surface area contributed by atoms with E-state index in [-0.39, 0.29) is 12.1 Å². The van der Waals surface area contributed by atoms with E-state index in [2.05, 4.69) is 89.4 Å². The van der Waals surface area contributed by atoms with Crippen LogP contribution in [0.4, 0.5) is 0 Å². The molecule has 5 nitrogen and oxygen atoms in total. The van der Waals surface area contributed by atoms with Gasteiger partial charge in [-0.1, -0.05) is 66.7 Å². The molecule has 1 fully saturated rings. The van der Waals surface area contributed by atoms with Crippen molar-refractivity contribution in [1.82, 2.24) is 9.47 Å². The lowest BCUT2D eigenvalue weighted by Gasteiger charge is -2.62. The number of fused-ring (bicyclic) bond motifs is 2. The second kappa shape index (κ2) is 7.75. The first kappa shape index (κ1) is 22.4. The first-order valence-electron chi connectivity index (χ1n) is 13.7. The quantitative estimate of drug-likeness (QED) is 0.419. The molecule has 1 N–H and O–H groups in total. The number of hydrogen-bond donors (Lipinski definition) is 1. The SMILES string of the molecule is COc1ccc2c3c1O[C@H]1c4c(c(-c5ccccc5)cn4Cc4ccccc4)C[C@@]4(O)[C@H](C2)N(C)CC[C@]314. The number of benzene rings is 3. The van der Waals surface area contributed by atoms with E-state index >= 15 is 0 Å². The van der Waals surface area contributed by atoms with Gasteiger partial charge in [0.15, 0.2) is 17.6 Å². The number of ether oxygens (including phenoxy) is 2. The Balaban J connectivity index is 1.42. The Morgan fingerprint density at radius 1 is 1.03 bits per heavy atom. The summed E-state index contributed by atoms with van der Waals surface area (Å²) in [6, 6.07) is 25.5. The van der Waals surface area contributed by atoms with E-state index in [1.165, 1.54) is 39.1 Å². The molecule has 2 aliphatic carbocycles. The van der Waals surface area contributed by atoms with Crippen LogP contribution in [0.1, 0.15) is 40.5 Å². The van der Waals surface area contributed by atoms with Gasteiger partial charge in [-0.15, -0.1) is 0 Å². The van der Waals surface area contributed by atoms with Crippen LogP contribution in [0.5, 0.6) is 11.5 Å².